The highest BCUT2D eigenvalue weighted by molar-refractivity contribution is 5.22. The average Bonchev–Trinajstić information content (AvgIpc) is 2.73. The van der Waals surface area contributed by atoms with E-state index in [0.29, 0.717) is 12.0 Å². The Bertz CT molecular complexity index is 367. The zero-order valence-electron chi connectivity index (χ0n) is 11.3. The highest BCUT2D eigenvalue weighted by Gasteiger charge is 2.34. The van der Waals surface area contributed by atoms with Crippen LogP contribution in [0.25, 0.3) is 0 Å². The minimum atomic E-state index is -0.126. The van der Waals surface area contributed by atoms with E-state index in [1.165, 1.54) is 12.5 Å². The van der Waals surface area contributed by atoms with E-state index in [4.69, 9.17) is 0 Å². The smallest absolute Gasteiger partial charge is 0.123 e. The number of hydrogen-bond acceptors (Lipinski definition) is 2. The van der Waals surface area contributed by atoms with Gasteiger partial charge in [0.15, 0.2) is 0 Å². The van der Waals surface area contributed by atoms with E-state index in [2.05, 4.69) is 23.2 Å². The van der Waals surface area contributed by atoms with Crippen molar-refractivity contribution in [2.75, 3.05) is 26.7 Å². The molecule has 2 nitrogen and oxygen atoms in total. The predicted octanol–water partition coefficient (Wildman–Crippen LogP) is 2.82. The van der Waals surface area contributed by atoms with Crippen LogP contribution < -0.4 is 5.32 Å². The van der Waals surface area contributed by atoms with Crippen molar-refractivity contribution in [3.63, 3.8) is 0 Å². The second-order valence-corrected chi connectivity index (χ2v) is 5.14. The first-order valence-corrected chi connectivity index (χ1v) is 6.90. The minimum Gasteiger partial charge on any atom is -0.319 e. The molecule has 1 heterocycles. The Balaban J connectivity index is 2.22. The Morgan fingerprint density at radius 1 is 1.44 bits per heavy atom. The molecule has 1 fully saturated rings. The van der Waals surface area contributed by atoms with Crippen LogP contribution in [0.1, 0.15) is 31.4 Å². The fraction of sp³-hybridized carbons (Fsp3) is 0.600. The van der Waals surface area contributed by atoms with E-state index in [9.17, 15) is 4.39 Å². The maximum absolute atomic E-state index is 13.4. The molecular formula is C15H23FN2. The molecule has 100 valence electrons. The second-order valence-electron chi connectivity index (χ2n) is 5.14. The average molecular weight is 250 g/mol. The molecule has 0 aromatic heterocycles. The molecule has 1 aromatic rings. The van der Waals surface area contributed by atoms with E-state index in [-0.39, 0.29) is 5.82 Å². The van der Waals surface area contributed by atoms with Gasteiger partial charge in [0, 0.05) is 6.04 Å². The van der Waals surface area contributed by atoms with Crippen LogP contribution >= 0.6 is 0 Å². The topological polar surface area (TPSA) is 15.3 Å². The SMILES string of the molecule is CCCN1CCC(CNC)C1c1cccc(F)c1. The van der Waals surface area contributed by atoms with Gasteiger partial charge in [0.25, 0.3) is 0 Å². The van der Waals surface area contributed by atoms with Gasteiger partial charge in [0.1, 0.15) is 5.82 Å². The van der Waals surface area contributed by atoms with Crippen molar-refractivity contribution in [1.29, 1.82) is 0 Å². The van der Waals surface area contributed by atoms with E-state index in [1.54, 1.807) is 6.07 Å². The number of rotatable bonds is 5. The van der Waals surface area contributed by atoms with Crippen molar-refractivity contribution in [3.8, 4) is 0 Å². The molecule has 2 rings (SSSR count). The van der Waals surface area contributed by atoms with E-state index >= 15 is 0 Å². The number of nitrogens with zero attached hydrogens (tertiary/aromatic N) is 1. The molecular weight excluding hydrogens is 227 g/mol. The molecule has 1 N–H and O–H groups in total. The maximum atomic E-state index is 13.4. The van der Waals surface area contributed by atoms with Crippen LogP contribution in [-0.4, -0.2) is 31.6 Å². The molecule has 0 bridgehead atoms. The van der Waals surface area contributed by atoms with Crippen LogP contribution in [0.15, 0.2) is 24.3 Å². The summed E-state index contributed by atoms with van der Waals surface area (Å²) in [5, 5.41) is 3.27. The fourth-order valence-electron chi connectivity index (χ4n) is 3.11. The number of likely N-dealkylation sites (tertiary alicyclic amines) is 1. The molecule has 1 aliphatic rings. The molecule has 0 spiro atoms. The fourth-order valence-corrected chi connectivity index (χ4v) is 3.11. The third-order valence-electron chi connectivity index (χ3n) is 3.79. The van der Waals surface area contributed by atoms with Crippen LogP contribution in [0, 0.1) is 11.7 Å². The van der Waals surface area contributed by atoms with Crippen molar-refractivity contribution < 1.29 is 4.39 Å². The molecule has 18 heavy (non-hydrogen) atoms. The van der Waals surface area contributed by atoms with Gasteiger partial charge < -0.3 is 5.32 Å². The Labute approximate surface area is 109 Å². The molecule has 3 heteroatoms. The van der Waals surface area contributed by atoms with Crippen molar-refractivity contribution in [3.05, 3.63) is 35.6 Å². The molecule has 0 radical (unpaired) electrons. The number of halogens is 1. The summed E-state index contributed by atoms with van der Waals surface area (Å²) >= 11 is 0. The minimum absolute atomic E-state index is 0.126. The van der Waals surface area contributed by atoms with Gasteiger partial charge in [-0.1, -0.05) is 19.1 Å². The van der Waals surface area contributed by atoms with Gasteiger partial charge in [-0.3, -0.25) is 4.90 Å². The molecule has 1 aromatic carbocycles. The van der Waals surface area contributed by atoms with Crippen molar-refractivity contribution in [2.24, 2.45) is 5.92 Å². The first-order valence-electron chi connectivity index (χ1n) is 6.90. The zero-order valence-corrected chi connectivity index (χ0v) is 11.3. The molecule has 2 unspecified atom stereocenters. The summed E-state index contributed by atoms with van der Waals surface area (Å²) in [6.45, 7) is 5.43. The van der Waals surface area contributed by atoms with E-state index in [1.807, 2.05) is 13.1 Å². The number of hydrogen-bond donors (Lipinski definition) is 1. The largest absolute Gasteiger partial charge is 0.319 e. The summed E-state index contributed by atoms with van der Waals surface area (Å²) in [6, 6.07) is 7.47. The third kappa shape index (κ3) is 2.90. The van der Waals surface area contributed by atoms with Gasteiger partial charge >= 0.3 is 0 Å². The van der Waals surface area contributed by atoms with Gasteiger partial charge in [-0.05, 0) is 63.1 Å². The lowest BCUT2D eigenvalue weighted by Gasteiger charge is -2.28. The van der Waals surface area contributed by atoms with Crippen molar-refractivity contribution in [2.45, 2.75) is 25.8 Å². The Hall–Kier alpha value is -0.930. The van der Waals surface area contributed by atoms with Crippen LogP contribution in [0.2, 0.25) is 0 Å². The van der Waals surface area contributed by atoms with Gasteiger partial charge in [-0.25, -0.2) is 4.39 Å². The first kappa shape index (κ1) is 13.5. The summed E-state index contributed by atoms with van der Waals surface area (Å²) < 4.78 is 13.4. The van der Waals surface area contributed by atoms with Gasteiger partial charge in [0.2, 0.25) is 0 Å². The van der Waals surface area contributed by atoms with Gasteiger partial charge in [-0.2, -0.15) is 0 Å². The van der Waals surface area contributed by atoms with Crippen LogP contribution in [0.3, 0.4) is 0 Å². The Kier molecular flexibility index (Phi) is 4.72. The molecule has 0 aliphatic carbocycles. The summed E-state index contributed by atoms with van der Waals surface area (Å²) in [4.78, 5) is 2.50. The first-order chi connectivity index (χ1) is 8.76. The molecule has 0 amide bonds. The normalized spacial score (nSPS) is 24.6. The Morgan fingerprint density at radius 3 is 2.94 bits per heavy atom. The molecule has 1 saturated heterocycles. The summed E-state index contributed by atoms with van der Waals surface area (Å²) in [5.74, 6) is 0.461. The standard InChI is InChI=1S/C15H23FN2/c1-3-8-18-9-7-13(11-17-2)15(18)12-5-4-6-14(16)10-12/h4-6,10,13,15,17H,3,7-9,11H2,1-2H3. The zero-order chi connectivity index (χ0) is 13.0. The number of nitrogens with one attached hydrogen (secondary N) is 1. The molecule has 0 saturated carbocycles. The summed E-state index contributed by atoms with van der Waals surface area (Å²) in [6.07, 6.45) is 2.35. The highest BCUT2D eigenvalue weighted by Crippen LogP contribution is 2.37. The quantitative estimate of drug-likeness (QED) is 0.864. The third-order valence-corrected chi connectivity index (χ3v) is 3.79. The highest BCUT2D eigenvalue weighted by atomic mass is 19.1. The summed E-state index contributed by atoms with van der Waals surface area (Å²) in [5.41, 5.74) is 1.13. The van der Waals surface area contributed by atoms with Crippen LogP contribution in [0.4, 0.5) is 4.39 Å². The van der Waals surface area contributed by atoms with Crippen LogP contribution in [0.5, 0.6) is 0 Å². The lowest BCUT2D eigenvalue weighted by atomic mass is 9.93. The summed E-state index contributed by atoms with van der Waals surface area (Å²) in [7, 11) is 1.99. The Morgan fingerprint density at radius 2 is 2.28 bits per heavy atom. The van der Waals surface area contributed by atoms with Gasteiger partial charge in [0.05, 0.1) is 0 Å². The molecule has 2 atom stereocenters. The van der Waals surface area contributed by atoms with Crippen LogP contribution in [-0.2, 0) is 0 Å². The second kappa shape index (κ2) is 6.30. The number of benzene rings is 1. The van der Waals surface area contributed by atoms with Crippen molar-refractivity contribution in [1.82, 2.24) is 10.2 Å². The van der Waals surface area contributed by atoms with Gasteiger partial charge in [-0.15, -0.1) is 0 Å². The van der Waals surface area contributed by atoms with E-state index < -0.39 is 0 Å². The lowest BCUT2D eigenvalue weighted by molar-refractivity contribution is 0.227. The van der Waals surface area contributed by atoms with E-state index in [0.717, 1.165) is 31.6 Å². The predicted molar refractivity (Wildman–Crippen MR) is 73.0 cm³/mol. The maximum Gasteiger partial charge on any atom is 0.123 e. The van der Waals surface area contributed by atoms with Crippen molar-refractivity contribution >= 4 is 0 Å². The molecule has 1 aliphatic heterocycles. The monoisotopic (exact) mass is 250 g/mol. The lowest BCUT2D eigenvalue weighted by Crippen LogP contribution is -2.29.